The summed E-state index contributed by atoms with van der Waals surface area (Å²) in [4.78, 5) is 16.3. The third-order valence-corrected chi connectivity index (χ3v) is 4.33. The van der Waals surface area contributed by atoms with Crippen LogP contribution < -0.4 is 10.1 Å². The summed E-state index contributed by atoms with van der Waals surface area (Å²) in [6.07, 6.45) is 6.75. The number of amides is 1. The number of carbonyl (C=O) groups excluding carboxylic acids is 1. The minimum Gasteiger partial charge on any atom is -0.435 e. The van der Waals surface area contributed by atoms with Gasteiger partial charge in [-0.05, 0) is 49.4 Å². The van der Waals surface area contributed by atoms with Crippen LogP contribution in [-0.4, -0.2) is 30.7 Å². The van der Waals surface area contributed by atoms with Gasteiger partial charge in [-0.25, -0.2) is 0 Å². The van der Waals surface area contributed by atoms with Gasteiger partial charge in [-0.3, -0.25) is 9.79 Å². The molecule has 0 spiro atoms. The molecule has 0 aromatic heterocycles. The van der Waals surface area contributed by atoms with E-state index in [0.717, 1.165) is 6.42 Å². The van der Waals surface area contributed by atoms with Crippen molar-refractivity contribution in [1.82, 2.24) is 5.32 Å². The number of rotatable bonds is 10. The predicted molar refractivity (Wildman–Crippen MR) is 104 cm³/mol. The maximum Gasteiger partial charge on any atom is 0.387 e. The number of benzene rings is 1. The molecule has 148 valence electrons. The number of aliphatic imine (C=N–C) groups is 1. The number of nitrogens with one attached hydrogen (secondary N) is 1. The van der Waals surface area contributed by atoms with Crippen LogP contribution in [0.25, 0.3) is 0 Å². The molecule has 2 rings (SSSR count). The molecule has 4 nitrogen and oxygen atoms in total. The lowest BCUT2D eigenvalue weighted by molar-refractivity contribution is -0.0504. The van der Waals surface area contributed by atoms with Crippen LogP contribution >= 0.6 is 23.2 Å². The van der Waals surface area contributed by atoms with E-state index < -0.39 is 6.61 Å². The van der Waals surface area contributed by atoms with E-state index in [-0.39, 0.29) is 23.6 Å². The van der Waals surface area contributed by atoms with Crippen LogP contribution in [0.1, 0.15) is 42.1 Å². The van der Waals surface area contributed by atoms with Crippen molar-refractivity contribution in [2.24, 2.45) is 10.9 Å². The summed E-state index contributed by atoms with van der Waals surface area (Å²) < 4.78 is 29.8. The van der Waals surface area contributed by atoms with Gasteiger partial charge in [-0.2, -0.15) is 8.78 Å². The highest BCUT2D eigenvalue weighted by Gasteiger charge is 2.22. The van der Waals surface area contributed by atoms with Crippen LogP contribution in [0.2, 0.25) is 0 Å². The minimum absolute atomic E-state index is 0.0983. The average Bonchev–Trinajstić information content (AvgIpc) is 3.42. The lowest BCUT2D eigenvalue weighted by Gasteiger charge is -2.13. The molecular formula is C19H22Cl2F2N2O2. The number of hydrogen-bond donors (Lipinski definition) is 1. The Morgan fingerprint density at radius 3 is 2.81 bits per heavy atom. The molecule has 1 aliphatic carbocycles. The van der Waals surface area contributed by atoms with Gasteiger partial charge in [0.1, 0.15) is 5.75 Å². The van der Waals surface area contributed by atoms with E-state index in [1.165, 1.54) is 37.4 Å². The number of aryl methyl sites for hydroxylation is 1. The van der Waals surface area contributed by atoms with E-state index in [4.69, 9.17) is 23.2 Å². The molecule has 1 saturated carbocycles. The molecule has 8 heteroatoms. The Morgan fingerprint density at radius 1 is 1.44 bits per heavy atom. The fourth-order valence-corrected chi connectivity index (χ4v) is 2.64. The van der Waals surface area contributed by atoms with E-state index in [9.17, 15) is 13.6 Å². The van der Waals surface area contributed by atoms with Crippen molar-refractivity contribution in [2.75, 3.05) is 6.54 Å². The van der Waals surface area contributed by atoms with Crippen molar-refractivity contribution in [3.63, 3.8) is 0 Å². The van der Waals surface area contributed by atoms with Gasteiger partial charge in [0, 0.05) is 18.0 Å². The van der Waals surface area contributed by atoms with Crippen LogP contribution in [-0.2, 0) is 6.42 Å². The van der Waals surface area contributed by atoms with Gasteiger partial charge in [-0.15, -0.1) is 11.6 Å². The minimum atomic E-state index is -2.90. The highest BCUT2D eigenvalue weighted by Crippen LogP contribution is 2.35. The van der Waals surface area contributed by atoms with Gasteiger partial charge in [0.05, 0.1) is 17.0 Å². The first kappa shape index (κ1) is 21.6. The van der Waals surface area contributed by atoms with Crippen LogP contribution in [0, 0.1) is 5.92 Å². The van der Waals surface area contributed by atoms with Crippen LogP contribution in [0.5, 0.6) is 5.75 Å². The van der Waals surface area contributed by atoms with E-state index >= 15 is 0 Å². The van der Waals surface area contributed by atoms with E-state index in [0.29, 0.717) is 28.5 Å². The topological polar surface area (TPSA) is 50.7 Å². The van der Waals surface area contributed by atoms with Gasteiger partial charge in [0.25, 0.3) is 5.91 Å². The van der Waals surface area contributed by atoms with Crippen molar-refractivity contribution >= 4 is 35.3 Å². The summed E-state index contributed by atoms with van der Waals surface area (Å²) in [5.41, 5.74) is 0.974. The van der Waals surface area contributed by atoms with E-state index in [1.54, 1.807) is 13.0 Å². The summed E-state index contributed by atoms with van der Waals surface area (Å²) in [6, 6.07) is 4.46. The molecule has 1 fully saturated rings. The average molecular weight is 419 g/mol. The zero-order valence-electron chi connectivity index (χ0n) is 14.9. The quantitative estimate of drug-likeness (QED) is 0.422. The van der Waals surface area contributed by atoms with Gasteiger partial charge in [0.15, 0.2) is 0 Å². The Hall–Kier alpha value is -1.66. The van der Waals surface area contributed by atoms with E-state index in [1.807, 2.05) is 0 Å². The fraction of sp³-hybridized carbons (Fsp3) is 0.474. The number of alkyl halides is 3. The Bertz CT molecular complexity index is 705. The number of ether oxygens (including phenoxy) is 1. The molecule has 1 aliphatic rings. The number of nitrogens with zero attached hydrogens (tertiary/aromatic N) is 1. The molecule has 27 heavy (non-hydrogen) atoms. The summed E-state index contributed by atoms with van der Waals surface area (Å²) in [7, 11) is 0. The second kappa shape index (κ2) is 10.6. The number of carbonyl (C=O) groups is 1. The number of halogens is 4. The largest absolute Gasteiger partial charge is 0.435 e. The third kappa shape index (κ3) is 8.26. The molecular weight excluding hydrogens is 397 g/mol. The Labute approximate surface area is 167 Å². The maximum atomic E-state index is 12.6. The fourth-order valence-electron chi connectivity index (χ4n) is 2.45. The molecule has 1 aromatic carbocycles. The lowest BCUT2D eigenvalue weighted by Crippen LogP contribution is -2.24. The SMILES string of the molecule is CC(Cl)C=N/C=C(/Cl)CNC(=O)c1ccc(OC(F)F)c(CCC2CC2)c1. The molecule has 0 saturated heterocycles. The zero-order chi connectivity index (χ0) is 19.8. The van der Waals surface area contributed by atoms with Gasteiger partial charge in [0.2, 0.25) is 0 Å². The van der Waals surface area contributed by atoms with Crippen molar-refractivity contribution < 1.29 is 18.3 Å². The molecule has 0 aliphatic heterocycles. The first-order valence-electron chi connectivity index (χ1n) is 8.73. The van der Waals surface area contributed by atoms with Crippen molar-refractivity contribution in [2.45, 2.75) is 44.6 Å². The van der Waals surface area contributed by atoms with Crippen molar-refractivity contribution in [1.29, 1.82) is 0 Å². The second-order valence-corrected chi connectivity index (χ2v) is 7.59. The van der Waals surface area contributed by atoms with Crippen molar-refractivity contribution in [3.05, 3.63) is 40.6 Å². The van der Waals surface area contributed by atoms with Gasteiger partial charge in [-0.1, -0.05) is 24.4 Å². The Kier molecular flexibility index (Phi) is 8.51. The van der Waals surface area contributed by atoms with Gasteiger partial charge >= 0.3 is 6.61 Å². The van der Waals surface area contributed by atoms with Gasteiger partial charge < -0.3 is 10.1 Å². The monoisotopic (exact) mass is 418 g/mol. The third-order valence-electron chi connectivity index (χ3n) is 3.98. The summed E-state index contributed by atoms with van der Waals surface area (Å²) >= 11 is 11.7. The smallest absolute Gasteiger partial charge is 0.387 e. The lowest BCUT2D eigenvalue weighted by atomic mass is 10.0. The standard InChI is InChI=1S/C19H22Cl2F2N2O2/c1-12(20)9-24-10-16(21)11-25-18(26)15-6-7-17(27-19(22)23)14(8-15)5-4-13-2-3-13/h6-10,12-13,19H,2-5,11H2,1H3,(H,25,26)/b16-10+,24-9?. The summed E-state index contributed by atoms with van der Waals surface area (Å²) in [5, 5.41) is 2.78. The number of hydrogen-bond acceptors (Lipinski definition) is 3. The first-order chi connectivity index (χ1) is 12.8. The maximum absolute atomic E-state index is 12.6. The molecule has 0 heterocycles. The molecule has 1 unspecified atom stereocenters. The first-order valence-corrected chi connectivity index (χ1v) is 9.54. The van der Waals surface area contributed by atoms with E-state index in [2.05, 4.69) is 15.0 Å². The normalized spacial score (nSPS) is 16.0. The molecule has 0 radical (unpaired) electrons. The highest BCUT2D eigenvalue weighted by molar-refractivity contribution is 6.30. The Morgan fingerprint density at radius 2 is 2.19 bits per heavy atom. The van der Waals surface area contributed by atoms with Crippen LogP contribution in [0.15, 0.2) is 34.4 Å². The van der Waals surface area contributed by atoms with Crippen LogP contribution in [0.3, 0.4) is 0 Å². The Balaban J connectivity index is 2.00. The zero-order valence-corrected chi connectivity index (χ0v) is 16.4. The van der Waals surface area contributed by atoms with Crippen molar-refractivity contribution in [3.8, 4) is 5.75 Å². The molecule has 1 atom stereocenters. The predicted octanol–water partition coefficient (Wildman–Crippen LogP) is 5.14. The molecule has 0 bridgehead atoms. The second-order valence-electron chi connectivity index (χ2n) is 6.42. The highest BCUT2D eigenvalue weighted by atomic mass is 35.5. The van der Waals surface area contributed by atoms with Crippen LogP contribution in [0.4, 0.5) is 8.78 Å². The summed E-state index contributed by atoms with van der Waals surface area (Å²) in [6.45, 7) is -1.04. The molecule has 1 N–H and O–H groups in total. The molecule has 1 aromatic rings. The summed E-state index contributed by atoms with van der Waals surface area (Å²) in [5.74, 6) is 0.402. The molecule has 1 amide bonds.